The van der Waals surface area contributed by atoms with Crippen LogP contribution in [0.4, 0.5) is 24.5 Å². The first-order valence-corrected chi connectivity index (χ1v) is 8.60. The van der Waals surface area contributed by atoms with Crippen LogP contribution in [0.15, 0.2) is 42.6 Å². The molecule has 1 aromatic heterocycles. The van der Waals surface area contributed by atoms with Gasteiger partial charge in [-0.25, -0.2) is 4.98 Å². The number of methoxy groups -OCH3 is 1. The predicted octanol–water partition coefficient (Wildman–Crippen LogP) is 3.96. The Labute approximate surface area is 155 Å². The van der Waals surface area contributed by atoms with E-state index < -0.39 is 11.7 Å². The molecule has 144 valence electrons. The molecule has 3 rings (SSSR count). The van der Waals surface area contributed by atoms with Crippen LogP contribution < -0.4 is 15.0 Å². The molecule has 1 aliphatic heterocycles. The summed E-state index contributed by atoms with van der Waals surface area (Å²) < 4.78 is 43.6. The molecule has 8 heteroatoms. The highest BCUT2D eigenvalue weighted by Crippen LogP contribution is 2.33. The van der Waals surface area contributed by atoms with Gasteiger partial charge in [-0.05, 0) is 37.1 Å². The van der Waals surface area contributed by atoms with Crippen molar-refractivity contribution in [2.75, 3.05) is 30.4 Å². The monoisotopic (exact) mass is 379 g/mol. The molecule has 27 heavy (non-hydrogen) atoms. The van der Waals surface area contributed by atoms with Crippen LogP contribution in [-0.4, -0.2) is 31.1 Å². The number of rotatable bonds is 4. The number of hydrogen-bond acceptors (Lipinski definition) is 4. The van der Waals surface area contributed by atoms with Crippen molar-refractivity contribution in [3.63, 3.8) is 0 Å². The van der Waals surface area contributed by atoms with Gasteiger partial charge < -0.3 is 15.0 Å². The second-order valence-electron chi connectivity index (χ2n) is 6.39. The molecule has 0 atom stereocenters. The SMILES string of the molecule is COc1ccc(NC(=O)C2CCN(c3cccc(C(F)(F)F)c3)CC2)cn1. The molecule has 1 aromatic carbocycles. The number of carbonyl (C=O) groups excluding carboxylic acids is 1. The summed E-state index contributed by atoms with van der Waals surface area (Å²) >= 11 is 0. The molecule has 2 heterocycles. The Morgan fingerprint density at radius 1 is 1.22 bits per heavy atom. The number of alkyl halides is 3. The average Bonchev–Trinajstić information content (AvgIpc) is 2.68. The number of nitrogens with zero attached hydrogens (tertiary/aromatic N) is 2. The van der Waals surface area contributed by atoms with Crippen molar-refractivity contribution in [1.82, 2.24) is 4.98 Å². The second kappa shape index (κ2) is 7.85. The minimum atomic E-state index is -4.36. The molecule has 1 saturated heterocycles. The molecule has 1 fully saturated rings. The highest BCUT2D eigenvalue weighted by molar-refractivity contribution is 5.92. The average molecular weight is 379 g/mol. The van der Waals surface area contributed by atoms with E-state index in [2.05, 4.69) is 10.3 Å². The van der Waals surface area contributed by atoms with Crippen LogP contribution in [0.25, 0.3) is 0 Å². The fourth-order valence-corrected chi connectivity index (χ4v) is 3.10. The van der Waals surface area contributed by atoms with Gasteiger partial charge in [0, 0.05) is 30.8 Å². The highest BCUT2D eigenvalue weighted by Gasteiger charge is 2.31. The highest BCUT2D eigenvalue weighted by atomic mass is 19.4. The number of anilines is 2. The van der Waals surface area contributed by atoms with E-state index in [1.165, 1.54) is 19.4 Å². The first-order chi connectivity index (χ1) is 12.9. The minimum Gasteiger partial charge on any atom is -0.481 e. The second-order valence-corrected chi connectivity index (χ2v) is 6.39. The van der Waals surface area contributed by atoms with Gasteiger partial charge in [0.25, 0.3) is 0 Å². The summed E-state index contributed by atoms with van der Waals surface area (Å²) in [6, 6.07) is 8.66. The number of piperidine rings is 1. The summed E-state index contributed by atoms with van der Waals surface area (Å²) in [7, 11) is 1.51. The van der Waals surface area contributed by atoms with Crippen molar-refractivity contribution in [2.24, 2.45) is 5.92 Å². The van der Waals surface area contributed by atoms with E-state index in [1.807, 2.05) is 4.90 Å². The molecule has 0 unspecified atom stereocenters. The number of ether oxygens (including phenoxy) is 1. The maximum Gasteiger partial charge on any atom is 0.416 e. The lowest BCUT2D eigenvalue weighted by atomic mass is 9.95. The number of pyridine rings is 1. The van der Waals surface area contributed by atoms with E-state index in [0.29, 0.717) is 43.2 Å². The van der Waals surface area contributed by atoms with Crippen molar-refractivity contribution in [2.45, 2.75) is 19.0 Å². The lowest BCUT2D eigenvalue weighted by Crippen LogP contribution is -2.38. The number of halogens is 3. The van der Waals surface area contributed by atoms with Gasteiger partial charge in [-0.2, -0.15) is 13.2 Å². The number of hydrogen-bond donors (Lipinski definition) is 1. The minimum absolute atomic E-state index is 0.106. The number of carbonyl (C=O) groups is 1. The molecule has 0 aliphatic carbocycles. The smallest absolute Gasteiger partial charge is 0.416 e. The molecule has 1 amide bonds. The summed E-state index contributed by atoms with van der Waals surface area (Å²) in [5.41, 5.74) is 0.455. The zero-order chi connectivity index (χ0) is 19.4. The van der Waals surface area contributed by atoms with E-state index in [1.54, 1.807) is 18.2 Å². The summed E-state index contributed by atoms with van der Waals surface area (Å²) in [6.07, 6.45) is -1.69. The van der Waals surface area contributed by atoms with Gasteiger partial charge in [0.05, 0.1) is 24.6 Å². The van der Waals surface area contributed by atoms with Crippen LogP contribution in [0.3, 0.4) is 0 Å². The fraction of sp³-hybridized carbons (Fsp3) is 0.368. The van der Waals surface area contributed by atoms with Crippen LogP contribution in [0.5, 0.6) is 5.88 Å². The first kappa shape index (κ1) is 19.0. The Bertz CT molecular complexity index is 786. The first-order valence-electron chi connectivity index (χ1n) is 8.60. The van der Waals surface area contributed by atoms with E-state index in [9.17, 15) is 18.0 Å². The normalized spacial score (nSPS) is 15.5. The molecule has 1 N–H and O–H groups in total. The Morgan fingerprint density at radius 2 is 1.96 bits per heavy atom. The third-order valence-corrected chi connectivity index (χ3v) is 4.62. The summed E-state index contributed by atoms with van der Waals surface area (Å²) in [4.78, 5) is 18.3. The van der Waals surface area contributed by atoms with Gasteiger partial charge >= 0.3 is 6.18 Å². The summed E-state index contributed by atoms with van der Waals surface area (Å²) in [6.45, 7) is 1.06. The molecular weight excluding hydrogens is 359 g/mol. The third kappa shape index (κ3) is 4.69. The van der Waals surface area contributed by atoms with Crippen LogP contribution >= 0.6 is 0 Å². The van der Waals surface area contributed by atoms with Crippen molar-refractivity contribution >= 4 is 17.3 Å². The zero-order valence-corrected chi connectivity index (χ0v) is 14.8. The third-order valence-electron chi connectivity index (χ3n) is 4.62. The largest absolute Gasteiger partial charge is 0.481 e. The van der Waals surface area contributed by atoms with E-state index in [-0.39, 0.29) is 11.8 Å². The molecule has 0 radical (unpaired) electrons. The van der Waals surface area contributed by atoms with Crippen molar-refractivity contribution in [3.05, 3.63) is 48.2 Å². The standard InChI is InChI=1S/C19H20F3N3O2/c1-27-17-6-5-15(12-23-17)24-18(26)13-7-9-25(10-8-13)16-4-2-3-14(11-16)19(20,21)22/h2-6,11-13H,7-10H2,1H3,(H,24,26). The van der Waals surface area contributed by atoms with Gasteiger partial charge in [0.1, 0.15) is 0 Å². The van der Waals surface area contributed by atoms with Gasteiger partial charge in [0.2, 0.25) is 11.8 Å². The van der Waals surface area contributed by atoms with Gasteiger partial charge in [0.15, 0.2) is 0 Å². The Morgan fingerprint density at radius 3 is 2.56 bits per heavy atom. The van der Waals surface area contributed by atoms with Crippen molar-refractivity contribution in [1.29, 1.82) is 0 Å². The molecule has 2 aromatic rings. The Kier molecular flexibility index (Phi) is 5.53. The summed E-state index contributed by atoms with van der Waals surface area (Å²) in [5.74, 6) is 0.169. The lowest BCUT2D eigenvalue weighted by Gasteiger charge is -2.33. The van der Waals surface area contributed by atoms with Gasteiger partial charge in [-0.1, -0.05) is 6.07 Å². The van der Waals surface area contributed by atoms with E-state index in [0.717, 1.165) is 12.1 Å². The number of aromatic nitrogens is 1. The maximum atomic E-state index is 12.9. The van der Waals surface area contributed by atoms with Crippen LogP contribution in [0, 0.1) is 5.92 Å². The van der Waals surface area contributed by atoms with Crippen LogP contribution in [0.2, 0.25) is 0 Å². The molecule has 0 saturated carbocycles. The van der Waals surface area contributed by atoms with Crippen LogP contribution in [-0.2, 0) is 11.0 Å². The van der Waals surface area contributed by atoms with Gasteiger partial charge in [-0.3, -0.25) is 4.79 Å². The Balaban J connectivity index is 1.57. The topological polar surface area (TPSA) is 54.5 Å². The van der Waals surface area contributed by atoms with E-state index >= 15 is 0 Å². The quantitative estimate of drug-likeness (QED) is 0.874. The lowest BCUT2D eigenvalue weighted by molar-refractivity contribution is -0.137. The number of amides is 1. The zero-order valence-electron chi connectivity index (χ0n) is 14.8. The predicted molar refractivity (Wildman–Crippen MR) is 95.8 cm³/mol. The molecule has 5 nitrogen and oxygen atoms in total. The Hall–Kier alpha value is -2.77. The number of benzene rings is 1. The van der Waals surface area contributed by atoms with E-state index in [4.69, 9.17) is 4.74 Å². The molecular formula is C19H20F3N3O2. The number of nitrogens with one attached hydrogen (secondary N) is 1. The van der Waals surface area contributed by atoms with Crippen molar-refractivity contribution < 1.29 is 22.7 Å². The fourth-order valence-electron chi connectivity index (χ4n) is 3.10. The summed E-state index contributed by atoms with van der Waals surface area (Å²) in [5, 5.41) is 2.82. The molecule has 0 spiro atoms. The maximum absolute atomic E-state index is 12.9. The van der Waals surface area contributed by atoms with Crippen molar-refractivity contribution in [3.8, 4) is 5.88 Å². The molecule has 1 aliphatic rings. The molecule has 0 bridgehead atoms. The van der Waals surface area contributed by atoms with Crippen LogP contribution in [0.1, 0.15) is 18.4 Å². The van der Waals surface area contributed by atoms with Gasteiger partial charge in [-0.15, -0.1) is 0 Å².